The lowest BCUT2D eigenvalue weighted by Crippen LogP contribution is -2.33. The van der Waals surface area contributed by atoms with Crippen LogP contribution in [0, 0.1) is 6.92 Å². The third kappa shape index (κ3) is 4.42. The van der Waals surface area contributed by atoms with Gasteiger partial charge in [0.05, 0.1) is 0 Å². The van der Waals surface area contributed by atoms with Gasteiger partial charge < -0.3 is 9.80 Å². The van der Waals surface area contributed by atoms with Crippen LogP contribution in [0.25, 0.3) is 0 Å². The first-order valence-corrected chi connectivity index (χ1v) is 9.92. The highest BCUT2D eigenvalue weighted by Gasteiger charge is 2.21. The van der Waals surface area contributed by atoms with Crippen molar-refractivity contribution >= 4 is 11.9 Å². The Balaban J connectivity index is 1.48. The molecule has 6 heteroatoms. The summed E-state index contributed by atoms with van der Waals surface area (Å²) in [6.07, 6.45) is 5.29. The van der Waals surface area contributed by atoms with Gasteiger partial charge in [-0.1, -0.05) is 24.3 Å². The Labute approximate surface area is 171 Å². The molecule has 3 heterocycles. The maximum absolute atomic E-state index is 13.0. The Kier molecular flexibility index (Phi) is 5.51. The molecule has 0 unspecified atom stereocenters. The first-order chi connectivity index (χ1) is 14.1. The fourth-order valence-corrected chi connectivity index (χ4v) is 3.61. The van der Waals surface area contributed by atoms with Gasteiger partial charge in [0.25, 0.3) is 5.91 Å². The highest BCUT2D eigenvalue weighted by molar-refractivity contribution is 5.92. The molecule has 3 aromatic rings. The molecule has 0 saturated heterocycles. The topological polar surface area (TPSA) is 62.2 Å². The average molecular weight is 387 g/mol. The van der Waals surface area contributed by atoms with Gasteiger partial charge in [-0.3, -0.25) is 9.78 Å². The Hall–Kier alpha value is -3.28. The molecule has 0 N–H and O–H groups in total. The molecule has 0 aliphatic carbocycles. The average Bonchev–Trinajstić information content (AvgIpc) is 2.77. The molecule has 29 heavy (non-hydrogen) atoms. The Bertz CT molecular complexity index is 1010. The van der Waals surface area contributed by atoms with E-state index >= 15 is 0 Å². The van der Waals surface area contributed by atoms with Crippen LogP contribution in [-0.4, -0.2) is 45.9 Å². The molecule has 1 aliphatic heterocycles. The molecule has 6 nitrogen and oxygen atoms in total. The third-order valence-corrected chi connectivity index (χ3v) is 5.31. The number of likely N-dealkylation sites (N-methyl/N-ethyl adjacent to an activating group) is 1. The van der Waals surface area contributed by atoms with E-state index in [0.29, 0.717) is 18.2 Å². The zero-order valence-corrected chi connectivity index (χ0v) is 16.9. The van der Waals surface area contributed by atoms with Crippen LogP contribution in [0.15, 0.2) is 54.9 Å². The summed E-state index contributed by atoms with van der Waals surface area (Å²) >= 11 is 0. The SMILES string of the molecule is Cc1cc(C(=O)N(C)CCc2ccncc2)nc(N2CCc3ccccc3C2)n1. The van der Waals surface area contributed by atoms with Crippen molar-refractivity contribution in [2.75, 3.05) is 25.0 Å². The molecule has 0 fully saturated rings. The summed E-state index contributed by atoms with van der Waals surface area (Å²) in [7, 11) is 1.82. The second kappa shape index (κ2) is 8.39. The van der Waals surface area contributed by atoms with Gasteiger partial charge in [0, 0.05) is 44.8 Å². The summed E-state index contributed by atoms with van der Waals surface area (Å²) in [5, 5.41) is 0. The molecule has 0 saturated carbocycles. The van der Waals surface area contributed by atoms with Gasteiger partial charge in [-0.05, 0) is 54.7 Å². The minimum Gasteiger partial charge on any atom is -0.340 e. The fraction of sp³-hybridized carbons (Fsp3) is 0.304. The van der Waals surface area contributed by atoms with Crippen molar-refractivity contribution in [3.8, 4) is 0 Å². The van der Waals surface area contributed by atoms with E-state index in [4.69, 9.17) is 0 Å². The highest BCUT2D eigenvalue weighted by atomic mass is 16.2. The summed E-state index contributed by atoms with van der Waals surface area (Å²) < 4.78 is 0. The number of aromatic nitrogens is 3. The summed E-state index contributed by atoms with van der Waals surface area (Å²) in [5.74, 6) is 0.550. The number of hydrogen-bond donors (Lipinski definition) is 0. The second-order valence-electron chi connectivity index (χ2n) is 7.47. The van der Waals surface area contributed by atoms with E-state index in [-0.39, 0.29) is 5.91 Å². The number of amides is 1. The van der Waals surface area contributed by atoms with E-state index in [0.717, 1.165) is 37.2 Å². The van der Waals surface area contributed by atoms with E-state index < -0.39 is 0 Å². The van der Waals surface area contributed by atoms with E-state index in [9.17, 15) is 4.79 Å². The number of pyridine rings is 1. The summed E-state index contributed by atoms with van der Waals surface area (Å²) in [4.78, 5) is 30.1. The maximum Gasteiger partial charge on any atom is 0.272 e. The number of carbonyl (C=O) groups is 1. The Morgan fingerprint density at radius 3 is 2.66 bits per heavy atom. The summed E-state index contributed by atoms with van der Waals surface area (Å²) in [5.41, 5.74) is 5.09. The highest BCUT2D eigenvalue weighted by Crippen LogP contribution is 2.22. The fourth-order valence-electron chi connectivity index (χ4n) is 3.61. The van der Waals surface area contributed by atoms with Crippen molar-refractivity contribution in [3.63, 3.8) is 0 Å². The molecule has 1 amide bonds. The Morgan fingerprint density at radius 2 is 1.86 bits per heavy atom. The zero-order valence-electron chi connectivity index (χ0n) is 16.9. The van der Waals surface area contributed by atoms with Gasteiger partial charge in [0.1, 0.15) is 5.69 Å². The monoisotopic (exact) mass is 387 g/mol. The molecule has 0 radical (unpaired) electrons. The number of benzene rings is 1. The van der Waals surface area contributed by atoms with Crippen molar-refractivity contribution in [1.29, 1.82) is 0 Å². The van der Waals surface area contributed by atoms with E-state index in [2.05, 4.69) is 44.1 Å². The largest absolute Gasteiger partial charge is 0.340 e. The molecule has 4 rings (SSSR count). The van der Waals surface area contributed by atoms with Crippen molar-refractivity contribution in [2.24, 2.45) is 0 Å². The van der Waals surface area contributed by atoms with Crippen LogP contribution in [0.1, 0.15) is 32.9 Å². The van der Waals surface area contributed by atoms with Crippen molar-refractivity contribution in [2.45, 2.75) is 26.3 Å². The standard InChI is InChI=1S/C23H25N5O/c1-17-15-21(22(29)27(2)13-9-18-7-11-24-12-8-18)26-23(25-17)28-14-10-19-5-3-4-6-20(19)16-28/h3-8,11-12,15H,9-10,13-14,16H2,1-2H3. The quantitative estimate of drug-likeness (QED) is 0.673. The van der Waals surface area contributed by atoms with Gasteiger partial charge in [0.15, 0.2) is 0 Å². The van der Waals surface area contributed by atoms with Crippen LogP contribution >= 0.6 is 0 Å². The number of fused-ring (bicyclic) bond motifs is 1. The van der Waals surface area contributed by atoms with Crippen LogP contribution in [0.5, 0.6) is 0 Å². The second-order valence-corrected chi connectivity index (χ2v) is 7.47. The van der Waals surface area contributed by atoms with Gasteiger partial charge in [-0.2, -0.15) is 0 Å². The number of aryl methyl sites for hydroxylation is 1. The van der Waals surface area contributed by atoms with Crippen LogP contribution in [0.3, 0.4) is 0 Å². The van der Waals surface area contributed by atoms with E-state index in [1.807, 2.05) is 26.1 Å². The van der Waals surface area contributed by atoms with Gasteiger partial charge >= 0.3 is 0 Å². The molecule has 1 aliphatic rings. The van der Waals surface area contributed by atoms with Crippen LogP contribution < -0.4 is 4.90 Å². The predicted octanol–water partition coefficient (Wildman–Crippen LogP) is 3.06. The number of nitrogens with zero attached hydrogens (tertiary/aromatic N) is 5. The van der Waals surface area contributed by atoms with Crippen molar-refractivity contribution in [1.82, 2.24) is 19.9 Å². The molecule has 148 valence electrons. The number of anilines is 1. The maximum atomic E-state index is 13.0. The minimum atomic E-state index is -0.0804. The van der Waals surface area contributed by atoms with E-state index in [1.54, 1.807) is 23.4 Å². The normalized spacial score (nSPS) is 13.1. The van der Waals surface area contributed by atoms with Crippen LogP contribution in [0.2, 0.25) is 0 Å². The molecular weight excluding hydrogens is 362 g/mol. The van der Waals surface area contributed by atoms with Crippen LogP contribution in [-0.2, 0) is 19.4 Å². The minimum absolute atomic E-state index is 0.0804. The number of rotatable bonds is 5. The Morgan fingerprint density at radius 1 is 1.10 bits per heavy atom. The van der Waals surface area contributed by atoms with Gasteiger partial charge in [0.2, 0.25) is 5.95 Å². The third-order valence-electron chi connectivity index (χ3n) is 5.31. The summed E-state index contributed by atoms with van der Waals surface area (Å²) in [6, 6.07) is 14.2. The number of carbonyl (C=O) groups excluding carboxylic acids is 1. The zero-order chi connectivity index (χ0) is 20.2. The van der Waals surface area contributed by atoms with E-state index in [1.165, 1.54) is 11.1 Å². The smallest absolute Gasteiger partial charge is 0.272 e. The molecule has 0 atom stereocenters. The molecular formula is C23H25N5O. The molecule has 1 aromatic carbocycles. The predicted molar refractivity (Wildman–Crippen MR) is 113 cm³/mol. The van der Waals surface area contributed by atoms with Gasteiger partial charge in [-0.15, -0.1) is 0 Å². The molecule has 0 bridgehead atoms. The van der Waals surface area contributed by atoms with Gasteiger partial charge in [-0.25, -0.2) is 9.97 Å². The lowest BCUT2D eigenvalue weighted by molar-refractivity contribution is 0.0790. The molecule has 2 aromatic heterocycles. The lowest BCUT2D eigenvalue weighted by Gasteiger charge is -2.29. The van der Waals surface area contributed by atoms with Crippen molar-refractivity contribution in [3.05, 3.63) is 82.9 Å². The first kappa shape index (κ1) is 19.1. The lowest BCUT2D eigenvalue weighted by atomic mass is 10.0. The van der Waals surface area contributed by atoms with Crippen molar-refractivity contribution < 1.29 is 4.79 Å². The molecule has 0 spiro atoms. The number of hydrogen-bond acceptors (Lipinski definition) is 5. The van der Waals surface area contributed by atoms with Crippen LogP contribution in [0.4, 0.5) is 5.95 Å². The first-order valence-electron chi connectivity index (χ1n) is 9.92. The summed E-state index contributed by atoms with van der Waals surface area (Å²) in [6.45, 7) is 4.16.